The van der Waals surface area contributed by atoms with Crippen molar-refractivity contribution in [1.82, 2.24) is 14.9 Å². The van der Waals surface area contributed by atoms with Crippen LogP contribution in [0.3, 0.4) is 0 Å². The smallest absolute Gasteiger partial charge is 0.141 e. The monoisotopic (exact) mass is 285 g/mol. The van der Waals surface area contributed by atoms with Crippen molar-refractivity contribution in [2.45, 2.75) is 51.6 Å². The van der Waals surface area contributed by atoms with Gasteiger partial charge in [-0.15, -0.1) is 0 Å². The van der Waals surface area contributed by atoms with Gasteiger partial charge in [0.25, 0.3) is 0 Å². The molecule has 1 fully saturated rings. The first-order chi connectivity index (χ1) is 10.3. The summed E-state index contributed by atoms with van der Waals surface area (Å²) in [6.45, 7) is 4.12. The van der Waals surface area contributed by atoms with E-state index in [0.717, 1.165) is 42.8 Å². The molecule has 3 rings (SSSR count). The number of nitrogens with one attached hydrogen (secondary N) is 1. The van der Waals surface area contributed by atoms with Crippen molar-refractivity contribution < 1.29 is 4.79 Å². The second-order valence-electron chi connectivity index (χ2n) is 5.88. The van der Waals surface area contributed by atoms with Crippen LogP contribution in [0.4, 0.5) is 0 Å². The lowest BCUT2D eigenvalue weighted by Crippen LogP contribution is -2.25. The van der Waals surface area contributed by atoms with Crippen LogP contribution in [0.25, 0.3) is 11.0 Å². The molecule has 4 nitrogen and oxygen atoms in total. The van der Waals surface area contributed by atoms with Gasteiger partial charge in [-0.05, 0) is 37.9 Å². The fourth-order valence-corrected chi connectivity index (χ4v) is 3.19. The zero-order valence-electron chi connectivity index (χ0n) is 12.6. The van der Waals surface area contributed by atoms with Crippen LogP contribution in [0, 0.1) is 0 Å². The van der Waals surface area contributed by atoms with Crippen molar-refractivity contribution in [2.75, 3.05) is 6.54 Å². The van der Waals surface area contributed by atoms with Crippen molar-refractivity contribution in [3.8, 4) is 0 Å². The zero-order chi connectivity index (χ0) is 14.7. The molecule has 2 heterocycles. The fraction of sp³-hybridized carbons (Fsp3) is 0.529. The summed E-state index contributed by atoms with van der Waals surface area (Å²) >= 11 is 0. The minimum Gasteiger partial charge on any atom is -0.328 e. The Balaban J connectivity index is 1.78. The molecule has 1 aromatic heterocycles. The molecule has 4 heteroatoms. The molecule has 112 valence electrons. The Morgan fingerprint density at radius 2 is 2.29 bits per heavy atom. The van der Waals surface area contributed by atoms with E-state index in [4.69, 9.17) is 0 Å². The molecule has 0 aliphatic carbocycles. The van der Waals surface area contributed by atoms with Gasteiger partial charge in [0.2, 0.25) is 0 Å². The number of Topliss-reactive ketones (excluding diaryl/α,β-unsaturated/α-hetero) is 1. The van der Waals surface area contributed by atoms with Gasteiger partial charge in [-0.3, -0.25) is 4.79 Å². The summed E-state index contributed by atoms with van der Waals surface area (Å²) in [6.07, 6.45) is 4.44. The lowest BCUT2D eigenvalue weighted by atomic mass is 10.1. The van der Waals surface area contributed by atoms with Gasteiger partial charge in [0, 0.05) is 19.0 Å². The first kappa shape index (κ1) is 14.3. The molecule has 0 amide bonds. The summed E-state index contributed by atoms with van der Waals surface area (Å²) < 4.78 is 2.20. The third-order valence-electron chi connectivity index (χ3n) is 4.17. The average molecular weight is 285 g/mol. The number of nitrogens with zero attached hydrogens (tertiary/aromatic N) is 2. The standard InChI is InChI=1S/C17H23N3O/c1-2-10-20-16-8-4-3-7-15(16)19-17(20)12-14(21)11-13-6-5-9-18-13/h3-4,7-8,13,18H,2,5-6,9-12H2,1H3. The van der Waals surface area contributed by atoms with Crippen LogP contribution in [0.5, 0.6) is 0 Å². The summed E-state index contributed by atoms with van der Waals surface area (Å²) in [4.78, 5) is 17.0. The highest BCUT2D eigenvalue weighted by atomic mass is 16.1. The number of rotatable bonds is 6. The van der Waals surface area contributed by atoms with Crippen LogP contribution >= 0.6 is 0 Å². The minimum atomic E-state index is 0.294. The van der Waals surface area contributed by atoms with Crippen molar-refractivity contribution in [1.29, 1.82) is 0 Å². The van der Waals surface area contributed by atoms with Crippen LogP contribution in [0.1, 0.15) is 38.4 Å². The Kier molecular flexibility index (Phi) is 4.34. The van der Waals surface area contributed by atoms with Gasteiger partial charge in [0.05, 0.1) is 17.5 Å². The largest absolute Gasteiger partial charge is 0.328 e. The van der Waals surface area contributed by atoms with Crippen LogP contribution in [-0.2, 0) is 17.8 Å². The number of carbonyl (C=O) groups excluding carboxylic acids is 1. The number of hydrogen-bond donors (Lipinski definition) is 1. The maximum atomic E-state index is 12.3. The van der Waals surface area contributed by atoms with Gasteiger partial charge in [-0.1, -0.05) is 19.1 Å². The minimum absolute atomic E-state index is 0.294. The predicted octanol–water partition coefficient (Wildman–Crippen LogP) is 2.70. The zero-order valence-corrected chi connectivity index (χ0v) is 12.6. The molecule has 0 bridgehead atoms. The highest BCUT2D eigenvalue weighted by Gasteiger charge is 2.19. The number of para-hydroxylation sites is 2. The van der Waals surface area contributed by atoms with Crippen LogP contribution in [-0.4, -0.2) is 27.9 Å². The number of aromatic nitrogens is 2. The predicted molar refractivity (Wildman–Crippen MR) is 84.4 cm³/mol. The summed E-state index contributed by atoms with van der Waals surface area (Å²) in [5, 5.41) is 3.39. The maximum absolute atomic E-state index is 12.3. The molecular weight excluding hydrogens is 262 g/mol. The van der Waals surface area contributed by atoms with E-state index < -0.39 is 0 Å². The maximum Gasteiger partial charge on any atom is 0.141 e. The molecular formula is C17H23N3O. The fourth-order valence-electron chi connectivity index (χ4n) is 3.19. The Labute approximate surface area is 125 Å². The van der Waals surface area contributed by atoms with E-state index in [-0.39, 0.29) is 0 Å². The summed E-state index contributed by atoms with van der Waals surface area (Å²) in [5.41, 5.74) is 2.13. The lowest BCUT2D eigenvalue weighted by Gasteiger charge is -2.10. The molecule has 1 aliphatic heterocycles. The van der Waals surface area contributed by atoms with Gasteiger partial charge in [-0.2, -0.15) is 0 Å². The molecule has 1 saturated heterocycles. The molecule has 1 N–H and O–H groups in total. The number of carbonyl (C=O) groups is 1. The third kappa shape index (κ3) is 3.16. The summed E-state index contributed by atoms with van der Waals surface area (Å²) in [5.74, 6) is 1.21. The lowest BCUT2D eigenvalue weighted by molar-refractivity contribution is -0.119. The molecule has 0 spiro atoms. The van der Waals surface area contributed by atoms with E-state index in [1.165, 1.54) is 6.42 Å². The van der Waals surface area contributed by atoms with Crippen molar-refractivity contribution in [2.24, 2.45) is 0 Å². The number of benzene rings is 1. The van der Waals surface area contributed by atoms with Crippen molar-refractivity contribution >= 4 is 16.8 Å². The van der Waals surface area contributed by atoms with Crippen LogP contribution in [0.15, 0.2) is 24.3 Å². The van der Waals surface area contributed by atoms with Gasteiger partial charge in [-0.25, -0.2) is 4.98 Å². The van der Waals surface area contributed by atoms with Crippen LogP contribution in [0.2, 0.25) is 0 Å². The number of ketones is 1. The highest BCUT2D eigenvalue weighted by Crippen LogP contribution is 2.18. The third-order valence-corrected chi connectivity index (χ3v) is 4.17. The van der Waals surface area contributed by atoms with E-state index in [1.807, 2.05) is 18.2 Å². The molecule has 0 radical (unpaired) electrons. The van der Waals surface area contributed by atoms with Gasteiger partial charge < -0.3 is 9.88 Å². The molecule has 1 unspecified atom stereocenters. The van der Waals surface area contributed by atoms with E-state index in [1.54, 1.807) is 0 Å². The van der Waals surface area contributed by atoms with Gasteiger partial charge in [0.15, 0.2) is 0 Å². The van der Waals surface area contributed by atoms with Crippen LogP contribution < -0.4 is 5.32 Å². The molecule has 21 heavy (non-hydrogen) atoms. The second-order valence-corrected chi connectivity index (χ2v) is 5.88. The SMILES string of the molecule is CCCn1c(CC(=O)CC2CCCN2)nc2ccccc21. The molecule has 1 aliphatic rings. The van der Waals surface area contributed by atoms with Crippen molar-refractivity contribution in [3.05, 3.63) is 30.1 Å². The normalized spacial score (nSPS) is 18.4. The van der Waals surface area contributed by atoms with Gasteiger partial charge in [0.1, 0.15) is 11.6 Å². The molecule has 2 aromatic rings. The number of imidazole rings is 1. The Morgan fingerprint density at radius 1 is 1.43 bits per heavy atom. The second kappa shape index (κ2) is 6.39. The van der Waals surface area contributed by atoms with E-state index in [0.29, 0.717) is 24.7 Å². The molecule has 1 atom stereocenters. The van der Waals surface area contributed by atoms with E-state index in [2.05, 4.69) is 27.9 Å². The quantitative estimate of drug-likeness (QED) is 0.887. The van der Waals surface area contributed by atoms with Crippen molar-refractivity contribution in [3.63, 3.8) is 0 Å². The first-order valence-electron chi connectivity index (χ1n) is 7.97. The molecule has 1 aromatic carbocycles. The number of fused-ring (bicyclic) bond motifs is 1. The Hall–Kier alpha value is -1.68. The molecule has 0 saturated carbocycles. The number of aryl methyl sites for hydroxylation is 1. The summed E-state index contributed by atoms with van der Waals surface area (Å²) in [7, 11) is 0. The highest BCUT2D eigenvalue weighted by molar-refractivity contribution is 5.83. The number of hydrogen-bond acceptors (Lipinski definition) is 3. The van der Waals surface area contributed by atoms with E-state index >= 15 is 0 Å². The Morgan fingerprint density at radius 3 is 3.05 bits per heavy atom. The average Bonchev–Trinajstić information content (AvgIpc) is 3.08. The summed E-state index contributed by atoms with van der Waals surface area (Å²) in [6, 6.07) is 8.52. The first-order valence-corrected chi connectivity index (χ1v) is 7.97. The topological polar surface area (TPSA) is 46.9 Å². The van der Waals surface area contributed by atoms with E-state index in [9.17, 15) is 4.79 Å². The van der Waals surface area contributed by atoms with Gasteiger partial charge >= 0.3 is 0 Å². The Bertz CT molecular complexity index is 626.